The summed E-state index contributed by atoms with van der Waals surface area (Å²) in [5.41, 5.74) is 8.65. The number of nitrogens with one attached hydrogen (secondary N) is 2. The first-order chi connectivity index (χ1) is 21.0. The van der Waals surface area contributed by atoms with Crippen LogP contribution in [0.3, 0.4) is 0 Å². The number of carbonyl (C=O) groups is 1. The van der Waals surface area contributed by atoms with Crippen molar-refractivity contribution in [1.29, 1.82) is 0 Å². The number of carboxylic acids is 1. The van der Waals surface area contributed by atoms with E-state index in [-0.39, 0.29) is 0 Å². The number of carboxylic acid groups (broad SMARTS) is 1. The van der Waals surface area contributed by atoms with Crippen LogP contribution in [0.4, 0.5) is 17.5 Å². The normalized spacial score (nSPS) is 13.6. The molecular formula is C31H41N9O3. The summed E-state index contributed by atoms with van der Waals surface area (Å²) in [6.45, 7) is 5.41. The third-order valence-corrected chi connectivity index (χ3v) is 7.08. The molecule has 1 aliphatic heterocycles. The lowest BCUT2D eigenvalue weighted by atomic mass is 10.1. The molecule has 12 nitrogen and oxygen atoms in total. The molecule has 5 N–H and O–H groups in total. The molecule has 0 saturated heterocycles. The minimum Gasteiger partial charge on any atom is -0.491 e. The molecular weight excluding hydrogens is 546 g/mol. The molecule has 12 heteroatoms. The highest BCUT2D eigenvalue weighted by molar-refractivity contribution is 5.77. The Morgan fingerprint density at radius 3 is 2.93 bits per heavy atom. The van der Waals surface area contributed by atoms with Crippen LogP contribution >= 0.6 is 0 Å². The van der Waals surface area contributed by atoms with Gasteiger partial charge in [-0.2, -0.15) is 0 Å². The number of allylic oxidation sites excluding steroid dienone is 1. The van der Waals surface area contributed by atoms with Crippen molar-refractivity contribution in [1.82, 2.24) is 24.8 Å². The first-order valence-electron chi connectivity index (χ1n) is 14.7. The topological polar surface area (TPSA) is 164 Å². The highest BCUT2D eigenvalue weighted by Crippen LogP contribution is 2.20. The van der Waals surface area contributed by atoms with Gasteiger partial charge in [-0.1, -0.05) is 6.07 Å². The third-order valence-electron chi connectivity index (χ3n) is 7.08. The minimum atomic E-state index is -0.955. The number of ether oxygens (including phenoxy) is 1. The number of pyridine rings is 2. The van der Waals surface area contributed by atoms with Gasteiger partial charge < -0.3 is 26.2 Å². The maximum atomic E-state index is 12.1. The number of aryl methyl sites for hydroxylation is 3. The number of aromatic nitrogens is 4. The molecule has 1 atom stereocenters. The van der Waals surface area contributed by atoms with Crippen molar-refractivity contribution in [3.05, 3.63) is 72.1 Å². The Balaban J connectivity index is 1.32. The Hall–Kier alpha value is -4.58. The fourth-order valence-corrected chi connectivity index (χ4v) is 4.73. The standard InChI is InChI=1S/C31H41N9O3/c1-23-8-11-26(21-35-23)43-19-18-40(16-3-2-7-25-10-9-24-6-4-14-34-30(24)38-25)17-12-27(31(41)42)39-29-20-28(36-22-37-29)33-15-5-13-32/h5,8-11,13,15,20-22,27H,2-4,6-7,12,14,16-19,32H2,1H3,(H,34,38)(H,41,42)(H,36,37,39)/t27-/m0/s1. The van der Waals surface area contributed by atoms with E-state index in [0.717, 1.165) is 62.4 Å². The molecule has 0 aliphatic carbocycles. The molecule has 0 radical (unpaired) electrons. The van der Waals surface area contributed by atoms with Crippen molar-refractivity contribution in [3.63, 3.8) is 0 Å². The van der Waals surface area contributed by atoms with Gasteiger partial charge in [0.1, 0.15) is 36.4 Å². The van der Waals surface area contributed by atoms with E-state index in [4.69, 9.17) is 15.5 Å². The van der Waals surface area contributed by atoms with Crippen molar-refractivity contribution in [2.75, 3.05) is 43.4 Å². The van der Waals surface area contributed by atoms with Crippen LogP contribution in [-0.4, -0.2) is 81.0 Å². The van der Waals surface area contributed by atoms with Gasteiger partial charge in [0.25, 0.3) is 0 Å². The van der Waals surface area contributed by atoms with Gasteiger partial charge in [0.2, 0.25) is 0 Å². The predicted molar refractivity (Wildman–Crippen MR) is 168 cm³/mol. The number of unbranched alkanes of at least 4 members (excludes halogenated alkanes) is 1. The van der Waals surface area contributed by atoms with E-state index < -0.39 is 12.0 Å². The summed E-state index contributed by atoms with van der Waals surface area (Å²) in [5.74, 6) is 1.57. The molecule has 3 aromatic heterocycles. The maximum Gasteiger partial charge on any atom is 0.326 e. The quantitative estimate of drug-likeness (QED) is 0.134. The van der Waals surface area contributed by atoms with Crippen LogP contribution in [0.5, 0.6) is 5.75 Å². The van der Waals surface area contributed by atoms with Crippen LogP contribution in [0.15, 0.2) is 60.1 Å². The number of hydrogen-bond donors (Lipinski definition) is 4. The predicted octanol–water partition coefficient (Wildman–Crippen LogP) is 3.77. The van der Waals surface area contributed by atoms with Gasteiger partial charge in [-0.05, 0) is 88.0 Å². The van der Waals surface area contributed by atoms with Crippen LogP contribution in [-0.2, 0) is 17.6 Å². The van der Waals surface area contributed by atoms with Crippen LogP contribution in [0.25, 0.3) is 0 Å². The lowest BCUT2D eigenvalue weighted by molar-refractivity contribution is -0.138. The summed E-state index contributed by atoms with van der Waals surface area (Å²) in [6.07, 6.45) is 12.9. The number of aliphatic imine (C=N–C) groups is 1. The second kappa shape index (κ2) is 16.8. The summed E-state index contributed by atoms with van der Waals surface area (Å²) >= 11 is 0. The number of aliphatic carboxylic acids is 1. The molecule has 1 aliphatic rings. The van der Waals surface area contributed by atoms with Crippen molar-refractivity contribution >= 4 is 29.6 Å². The zero-order valence-corrected chi connectivity index (χ0v) is 24.7. The molecule has 3 aromatic rings. The number of nitrogens with two attached hydrogens (primary N) is 1. The number of anilines is 2. The van der Waals surface area contributed by atoms with Crippen molar-refractivity contribution in [2.24, 2.45) is 10.7 Å². The molecule has 4 heterocycles. The monoisotopic (exact) mass is 587 g/mol. The van der Waals surface area contributed by atoms with Gasteiger partial charge in [-0.3, -0.25) is 9.88 Å². The largest absolute Gasteiger partial charge is 0.491 e. The first kappa shape index (κ1) is 31.4. The lowest BCUT2D eigenvalue weighted by Crippen LogP contribution is -2.37. The van der Waals surface area contributed by atoms with E-state index in [0.29, 0.717) is 43.5 Å². The zero-order chi connectivity index (χ0) is 30.3. The Kier molecular flexibility index (Phi) is 12.2. The number of fused-ring (bicyclic) bond motifs is 1. The Morgan fingerprint density at radius 2 is 2.12 bits per heavy atom. The SMILES string of the molecule is Cc1ccc(OCCN(CCCCc2ccc3c(n2)NCCC3)CC[C@H](Nc2cc(N=CC=CN)ncn2)C(=O)O)cn1. The fourth-order valence-electron chi connectivity index (χ4n) is 4.73. The molecule has 43 heavy (non-hydrogen) atoms. The maximum absolute atomic E-state index is 12.1. The Labute approximate surface area is 252 Å². The highest BCUT2D eigenvalue weighted by atomic mass is 16.5. The molecule has 4 rings (SSSR count). The van der Waals surface area contributed by atoms with E-state index in [1.807, 2.05) is 19.1 Å². The minimum absolute atomic E-state index is 0.373. The molecule has 0 aromatic carbocycles. The van der Waals surface area contributed by atoms with E-state index >= 15 is 0 Å². The van der Waals surface area contributed by atoms with Gasteiger partial charge in [0, 0.05) is 43.3 Å². The van der Waals surface area contributed by atoms with Crippen LogP contribution < -0.4 is 21.1 Å². The number of nitrogens with zero attached hydrogens (tertiary/aromatic N) is 6. The molecule has 228 valence electrons. The van der Waals surface area contributed by atoms with Crippen LogP contribution in [0, 0.1) is 6.92 Å². The van der Waals surface area contributed by atoms with Gasteiger partial charge in [0.05, 0.1) is 6.20 Å². The van der Waals surface area contributed by atoms with Crippen molar-refractivity contribution in [2.45, 2.75) is 51.5 Å². The molecule has 0 saturated carbocycles. The third kappa shape index (κ3) is 10.6. The van der Waals surface area contributed by atoms with Gasteiger partial charge >= 0.3 is 5.97 Å². The van der Waals surface area contributed by atoms with Crippen molar-refractivity contribution in [3.8, 4) is 5.75 Å². The summed E-state index contributed by atoms with van der Waals surface area (Å²) in [6, 6.07) is 8.91. The molecule has 0 amide bonds. The summed E-state index contributed by atoms with van der Waals surface area (Å²) in [5, 5.41) is 16.4. The Morgan fingerprint density at radius 1 is 1.21 bits per heavy atom. The summed E-state index contributed by atoms with van der Waals surface area (Å²) in [7, 11) is 0. The van der Waals surface area contributed by atoms with Crippen LogP contribution in [0.2, 0.25) is 0 Å². The van der Waals surface area contributed by atoms with Gasteiger partial charge in [-0.25, -0.2) is 24.7 Å². The second-order valence-corrected chi connectivity index (χ2v) is 10.4. The molecule has 0 unspecified atom stereocenters. The van der Waals surface area contributed by atoms with E-state index in [1.54, 1.807) is 18.3 Å². The highest BCUT2D eigenvalue weighted by Gasteiger charge is 2.20. The smallest absolute Gasteiger partial charge is 0.326 e. The lowest BCUT2D eigenvalue weighted by Gasteiger charge is -2.24. The van der Waals surface area contributed by atoms with Crippen LogP contribution in [0.1, 0.15) is 42.6 Å². The average Bonchev–Trinajstić information content (AvgIpc) is 3.02. The first-order valence-corrected chi connectivity index (χ1v) is 14.7. The number of hydrogen-bond acceptors (Lipinski definition) is 11. The fraction of sp³-hybridized carbons (Fsp3) is 0.419. The second-order valence-electron chi connectivity index (χ2n) is 10.4. The number of rotatable bonds is 17. The van der Waals surface area contributed by atoms with E-state index in [9.17, 15) is 9.90 Å². The van der Waals surface area contributed by atoms with Gasteiger partial charge in [0.15, 0.2) is 5.82 Å². The molecule has 0 bridgehead atoms. The van der Waals surface area contributed by atoms with E-state index in [1.165, 1.54) is 24.3 Å². The zero-order valence-electron chi connectivity index (χ0n) is 24.7. The van der Waals surface area contributed by atoms with Gasteiger partial charge in [-0.15, -0.1) is 0 Å². The molecule has 0 spiro atoms. The average molecular weight is 588 g/mol. The summed E-state index contributed by atoms with van der Waals surface area (Å²) in [4.78, 5) is 35.9. The molecule has 0 fully saturated rings. The van der Waals surface area contributed by atoms with E-state index in [2.05, 4.69) is 47.6 Å². The van der Waals surface area contributed by atoms with Crippen molar-refractivity contribution < 1.29 is 14.6 Å². The Bertz CT molecular complexity index is 1360. The summed E-state index contributed by atoms with van der Waals surface area (Å²) < 4.78 is 5.93.